The number of carbonyl (C=O) groups excluding carboxylic acids is 1. The van der Waals surface area contributed by atoms with E-state index in [4.69, 9.17) is 9.47 Å². The number of rotatable bonds is 9. The molecule has 0 radical (unpaired) electrons. The second-order valence-electron chi connectivity index (χ2n) is 8.75. The van der Waals surface area contributed by atoms with Crippen LogP contribution in [0.3, 0.4) is 0 Å². The molecule has 2 bridgehead atoms. The van der Waals surface area contributed by atoms with Crippen LogP contribution in [0.4, 0.5) is 0 Å². The van der Waals surface area contributed by atoms with Gasteiger partial charge in [-0.1, -0.05) is 18.2 Å². The van der Waals surface area contributed by atoms with Crippen LogP contribution in [0.2, 0.25) is 0 Å². The van der Waals surface area contributed by atoms with Crippen molar-refractivity contribution in [2.24, 2.45) is 11.8 Å². The predicted octanol–water partition coefficient (Wildman–Crippen LogP) is 1.95. The van der Waals surface area contributed by atoms with E-state index in [1.807, 2.05) is 53.5 Å². The molecule has 1 spiro atoms. The fourth-order valence-electron chi connectivity index (χ4n) is 5.51. The number of para-hydroxylation sites is 1. The third-order valence-corrected chi connectivity index (χ3v) is 6.93. The Morgan fingerprint density at radius 2 is 2.17 bits per heavy atom. The predicted molar refractivity (Wildman–Crippen MR) is 112 cm³/mol. The summed E-state index contributed by atoms with van der Waals surface area (Å²) in [5.41, 5.74) is 0.000593. The van der Waals surface area contributed by atoms with Gasteiger partial charge in [0, 0.05) is 50.4 Å². The summed E-state index contributed by atoms with van der Waals surface area (Å²) in [6, 6.07) is 11.6. The Bertz CT molecular complexity index is 843. The van der Waals surface area contributed by atoms with Crippen LogP contribution in [-0.2, 0) is 16.1 Å². The molecule has 0 unspecified atom stereocenters. The highest BCUT2D eigenvalue weighted by Crippen LogP contribution is 2.54. The lowest BCUT2D eigenvalue weighted by Crippen LogP contribution is -2.42. The number of nitrogens with zero attached hydrogens (tertiary/aromatic N) is 3. The molecule has 2 aromatic rings. The van der Waals surface area contributed by atoms with Gasteiger partial charge in [-0.3, -0.25) is 14.4 Å². The fourth-order valence-corrected chi connectivity index (χ4v) is 5.51. The Hall–Kier alpha value is -2.38. The van der Waals surface area contributed by atoms with Crippen LogP contribution in [0.5, 0.6) is 5.75 Å². The van der Waals surface area contributed by atoms with Crippen LogP contribution in [-0.4, -0.2) is 65.1 Å². The van der Waals surface area contributed by atoms with E-state index in [0.717, 1.165) is 44.8 Å². The summed E-state index contributed by atoms with van der Waals surface area (Å²) in [7, 11) is 0. The van der Waals surface area contributed by atoms with E-state index in [1.165, 1.54) is 0 Å². The number of hydrogen-bond donors (Lipinski definition) is 1. The first-order valence-electron chi connectivity index (χ1n) is 11.0. The minimum absolute atomic E-state index is 0.000593. The van der Waals surface area contributed by atoms with Gasteiger partial charge in [0.05, 0.1) is 31.3 Å². The largest absolute Gasteiger partial charge is 0.493 e. The maximum atomic E-state index is 12.3. The molecule has 3 aliphatic heterocycles. The topological polar surface area (TPSA) is 68.6 Å². The van der Waals surface area contributed by atoms with Crippen molar-refractivity contribution in [3.8, 4) is 5.75 Å². The van der Waals surface area contributed by atoms with E-state index in [9.17, 15) is 4.79 Å². The summed E-state index contributed by atoms with van der Waals surface area (Å²) in [4.78, 5) is 14.8. The molecular weight excluding hydrogens is 380 g/mol. The molecule has 1 amide bonds. The molecule has 1 aromatic carbocycles. The number of benzene rings is 1. The Kier molecular flexibility index (Phi) is 5.48. The summed E-state index contributed by atoms with van der Waals surface area (Å²) in [6.07, 6.45) is 6.77. The van der Waals surface area contributed by atoms with Crippen molar-refractivity contribution < 1.29 is 14.3 Å². The van der Waals surface area contributed by atoms with Crippen molar-refractivity contribution in [2.45, 2.75) is 37.5 Å². The van der Waals surface area contributed by atoms with E-state index < -0.39 is 0 Å². The number of ether oxygens (including phenoxy) is 2. The van der Waals surface area contributed by atoms with E-state index in [0.29, 0.717) is 37.5 Å². The molecule has 4 atom stereocenters. The zero-order valence-electron chi connectivity index (χ0n) is 17.3. The first-order chi connectivity index (χ1) is 14.7. The van der Waals surface area contributed by atoms with Crippen LogP contribution in [0.15, 0.2) is 48.8 Å². The summed E-state index contributed by atoms with van der Waals surface area (Å²) < 4.78 is 14.1. The SMILES string of the molecule is O=C(CCOc1ccccc1)NC[C@H]1[C@H]2CN(CCn3cccn3)C[C@]23CC[C@H]1O3. The number of likely N-dealkylation sites (tertiary alicyclic amines) is 1. The molecule has 5 rings (SSSR count). The maximum Gasteiger partial charge on any atom is 0.223 e. The molecule has 4 heterocycles. The third kappa shape index (κ3) is 3.96. The smallest absolute Gasteiger partial charge is 0.223 e. The molecule has 160 valence electrons. The monoisotopic (exact) mass is 410 g/mol. The average Bonchev–Trinajstić information content (AvgIpc) is 3.52. The minimum atomic E-state index is 0.000593. The van der Waals surface area contributed by atoms with Crippen LogP contribution in [0, 0.1) is 11.8 Å². The van der Waals surface area contributed by atoms with Crippen LogP contribution < -0.4 is 10.1 Å². The van der Waals surface area contributed by atoms with Crippen molar-refractivity contribution in [2.75, 3.05) is 32.8 Å². The Labute approximate surface area is 177 Å². The van der Waals surface area contributed by atoms with Gasteiger partial charge in [-0.25, -0.2) is 0 Å². The Morgan fingerprint density at radius 3 is 3.00 bits per heavy atom. The molecule has 3 fully saturated rings. The highest BCUT2D eigenvalue weighted by molar-refractivity contribution is 5.76. The van der Waals surface area contributed by atoms with Crippen LogP contribution >= 0.6 is 0 Å². The first kappa shape index (κ1) is 19.6. The minimum Gasteiger partial charge on any atom is -0.493 e. The van der Waals surface area contributed by atoms with Crippen LogP contribution in [0.1, 0.15) is 19.3 Å². The third-order valence-electron chi connectivity index (χ3n) is 6.93. The van der Waals surface area contributed by atoms with Gasteiger partial charge in [-0.15, -0.1) is 0 Å². The standard InChI is InChI=1S/C23H30N4O3/c28-22(8-14-29-18-5-2-1-3-6-18)24-15-19-20-16-26(12-13-27-11-4-10-25-27)17-23(20)9-7-21(19)30-23/h1-6,10-11,19-21H,7-9,12-17H2,(H,24,28)/t19-,20+,21+,23+/m0/s1. The molecule has 0 aliphatic carbocycles. The number of hydrogen-bond acceptors (Lipinski definition) is 5. The number of nitrogens with one attached hydrogen (secondary N) is 1. The van der Waals surface area contributed by atoms with Crippen LogP contribution in [0.25, 0.3) is 0 Å². The lowest BCUT2D eigenvalue weighted by Gasteiger charge is -2.29. The summed E-state index contributed by atoms with van der Waals surface area (Å²) in [5, 5.41) is 7.45. The van der Waals surface area contributed by atoms with Gasteiger partial charge in [-0.05, 0) is 31.0 Å². The van der Waals surface area contributed by atoms with Crippen molar-refractivity contribution in [3.63, 3.8) is 0 Å². The highest BCUT2D eigenvalue weighted by Gasteiger charge is 2.62. The maximum absolute atomic E-state index is 12.3. The Morgan fingerprint density at radius 1 is 1.27 bits per heavy atom. The van der Waals surface area contributed by atoms with Gasteiger partial charge in [0.25, 0.3) is 0 Å². The molecule has 3 aliphatic rings. The summed E-state index contributed by atoms with van der Waals surface area (Å²) in [6.45, 7) is 5.05. The Balaban J connectivity index is 1.09. The number of aromatic nitrogens is 2. The van der Waals surface area contributed by atoms with E-state index >= 15 is 0 Å². The number of fused-ring (bicyclic) bond motifs is 1. The van der Waals surface area contributed by atoms with Crippen molar-refractivity contribution in [3.05, 3.63) is 48.8 Å². The molecule has 0 saturated carbocycles. The molecule has 7 nitrogen and oxygen atoms in total. The number of amides is 1. The number of carbonyl (C=O) groups is 1. The van der Waals surface area contributed by atoms with Gasteiger partial charge in [0.15, 0.2) is 0 Å². The lowest BCUT2D eigenvalue weighted by molar-refractivity contribution is -0.121. The molecule has 3 saturated heterocycles. The molecule has 7 heteroatoms. The first-order valence-corrected chi connectivity index (χ1v) is 11.0. The zero-order chi connectivity index (χ0) is 20.4. The van der Waals surface area contributed by atoms with Crippen molar-refractivity contribution in [1.29, 1.82) is 0 Å². The van der Waals surface area contributed by atoms with Gasteiger partial charge < -0.3 is 14.8 Å². The molecule has 1 aromatic heterocycles. The van der Waals surface area contributed by atoms with E-state index in [1.54, 1.807) is 0 Å². The van der Waals surface area contributed by atoms with Gasteiger partial charge >= 0.3 is 0 Å². The van der Waals surface area contributed by atoms with Gasteiger partial charge in [0.2, 0.25) is 5.91 Å². The molecule has 30 heavy (non-hydrogen) atoms. The van der Waals surface area contributed by atoms with E-state index in [-0.39, 0.29) is 11.5 Å². The lowest BCUT2D eigenvalue weighted by atomic mass is 9.73. The molecular formula is C23H30N4O3. The molecule has 1 N–H and O–H groups in total. The quantitative estimate of drug-likeness (QED) is 0.684. The second-order valence-corrected chi connectivity index (χ2v) is 8.75. The van der Waals surface area contributed by atoms with Crippen molar-refractivity contribution in [1.82, 2.24) is 20.0 Å². The summed E-state index contributed by atoms with van der Waals surface area (Å²) >= 11 is 0. The van der Waals surface area contributed by atoms with Crippen molar-refractivity contribution >= 4 is 5.91 Å². The van der Waals surface area contributed by atoms with Gasteiger partial charge in [0.1, 0.15) is 5.75 Å². The zero-order valence-corrected chi connectivity index (χ0v) is 17.3. The average molecular weight is 411 g/mol. The normalized spacial score (nSPS) is 29.8. The second kappa shape index (κ2) is 8.40. The van der Waals surface area contributed by atoms with E-state index in [2.05, 4.69) is 15.3 Å². The van der Waals surface area contributed by atoms with Gasteiger partial charge in [-0.2, -0.15) is 5.10 Å². The highest BCUT2D eigenvalue weighted by atomic mass is 16.5. The fraction of sp³-hybridized carbons (Fsp3) is 0.565. The summed E-state index contributed by atoms with van der Waals surface area (Å²) in [5.74, 6) is 1.77.